The Morgan fingerprint density at radius 1 is 1.19 bits per heavy atom. The van der Waals surface area contributed by atoms with Crippen LogP contribution in [0, 0.1) is 17.7 Å². The lowest BCUT2D eigenvalue weighted by atomic mass is 9.81. The number of hydrogen-bond acceptors (Lipinski definition) is 5. The lowest BCUT2D eigenvalue weighted by Crippen LogP contribution is -2.37. The minimum Gasteiger partial charge on any atom is -0.382 e. The van der Waals surface area contributed by atoms with Gasteiger partial charge in [0.25, 0.3) is 0 Å². The van der Waals surface area contributed by atoms with Gasteiger partial charge in [0.05, 0.1) is 16.9 Å². The third-order valence-electron chi connectivity index (χ3n) is 7.07. The van der Waals surface area contributed by atoms with Crippen LogP contribution in [0.25, 0.3) is 22.2 Å². The van der Waals surface area contributed by atoms with E-state index in [1.807, 2.05) is 30.3 Å². The molecule has 188 valence electrons. The molecule has 36 heavy (non-hydrogen) atoms. The molecule has 1 aliphatic rings. The summed E-state index contributed by atoms with van der Waals surface area (Å²) in [6, 6.07) is 12.5. The van der Waals surface area contributed by atoms with Gasteiger partial charge < -0.3 is 21.8 Å². The van der Waals surface area contributed by atoms with Gasteiger partial charge in [0, 0.05) is 11.5 Å². The Morgan fingerprint density at radius 3 is 2.67 bits per heavy atom. The van der Waals surface area contributed by atoms with Crippen LogP contribution in [0.1, 0.15) is 43.1 Å². The topological polar surface area (TPSA) is 138 Å². The van der Waals surface area contributed by atoms with E-state index in [2.05, 4.69) is 20.5 Å². The van der Waals surface area contributed by atoms with E-state index in [0.29, 0.717) is 41.5 Å². The number of aromatic amines is 2. The van der Waals surface area contributed by atoms with Crippen molar-refractivity contribution in [1.29, 1.82) is 0 Å². The van der Waals surface area contributed by atoms with E-state index < -0.39 is 11.9 Å². The van der Waals surface area contributed by atoms with Gasteiger partial charge in [-0.3, -0.25) is 9.89 Å². The first-order valence-electron chi connectivity index (χ1n) is 12.2. The maximum Gasteiger partial charge on any atom is 0.223 e. The number of hydrogen-bond donors (Lipinski definition) is 5. The standard InChI is InChI=1S/C26H29ClFN7O/c27-23-22(17-11-18(28)21-19(12-17)34-35-24(21)30)32-25(33-23)20(10-14-4-2-1-3-5-14)31-26(36)16-8-6-15(13-29)7-9-16/h1-5,11-12,15-16,20H,6-10,13,29H2,(H,31,36)(H,32,33)(H3,30,34,35)/t15-,16-,20-/m0/s1. The Kier molecular flexibility index (Phi) is 6.93. The third kappa shape index (κ3) is 4.94. The number of amides is 1. The fraction of sp³-hybridized carbons (Fsp3) is 0.346. The molecule has 0 bridgehead atoms. The van der Waals surface area contributed by atoms with Crippen molar-refractivity contribution < 1.29 is 9.18 Å². The summed E-state index contributed by atoms with van der Waals surface area (Å²) in [6.07, 6.45) is 4.09. The minimum atomic E-state index is -0.517. The smallest absolute Gasteiger partial charge is 0.223 e. The van der Waals surface area contributed by atoms with Crippen molar-refractivity contribution in [2.24, 2.45) is 17.6 Å². The van der Waals surface area contributed by atoms with Crippen LogP contribution in [0.4, 0.5) is 10.2 Å². The molecule has 1 aliphatic carbocycles. The monoisotopic (exact) mass is 509 g/mol. The number of carbonyl (C=O) groups excluding carboxylic acids is 1. The molecule has 1 saturated carbocycles. The maximum atomic E-state index is 14.8. The van der Waals surface area contributed by atoms with Crippen molar-refractivity contribution in [3.05, 3.63) is 64.8 Å². The van der Waals surface area contributed by atoms with Gasteiger partial charge in [-0.2, -0.15) is 5.10 Å². The van der Waals surface area contributed by atoms with E-state index in [1.54, 1.807) is 6.07 Å². The molecule has 2 aromatic heterocycles. The zero-order valence-electron chi connectivity index (χ0n) is 19.7. The summed E-state index contributed by atoms with van der Waals surface area (Å²) >= 11 is 6.54. The molecular formula is C26H29ClFN7O. The van der Waals surface area contributed by atoms with Gasteiger partial charge in [-0.15, -0.1) is 0 Å². The fourth-order valence-electron chi connectivity index (χ4n) is 5.01. The van der Waals surface area contributed by atoms with Crippen LogP contribution in [0.15, 0.2) is 42.5 Å². The Hall–Kier alpha value is -3.43. The van der Waals surface area contributed by atoms with E-state index >= 15 is 0 Å². The maximum absolute atomic E-state index is 14.8. The Morgan fingerprint density at radius 2 is 1.94 bits per heavy atom. The summed E-state index contributed by atoms with van der Waals surface area (Å²) < 4.78 is 14.8. The molecule has 0 radical (unpaired) electrons. The average molecular weight is 510 g/mol. The minimum absolute atomic E-state index is 0.000809. The summed E-state index contributed by atoms with van der Waals surface area (Å²) in [5.74, 6) is 0.515. The molecule has 0 unspecified atom stereocenters. The summed E-state index contributed by atoms with van der Waals surface area (Å²) in [6.45, 7) is 0.663. The summed E-state index contributed by atoms with van der Waals surface area (Å²) in [4.78, 5) is 21.0. The van der Waals surface area contributed by atoms with Crippen LogP contribution < -0.4 is 16.8 Å². The molecule has 0 aliphatic heterocycles. The van der Waals surface area contributed by atoms with Crippen molar-refractivity contribution in [3.8, 4) is 11.3 Å². The second-order valence-corrected chi connectivity index (χ2v) is 9.86. The number of H-pyrrole nitrogens is 2. The molecule has 4 aromatic rings. The molecule has 7 N–H and O–H groups in total. The number of imidazole rings is 1. The lowest BCUT2D eigenvalue weighted by molar-refractivity contribution is -0.127. The molecule has 8 nitrogen and oxygen atoms in total. The van der Waals surface area contributed by atoms with Crippen molar-refractivity contribution in [2.45, 2.75) is 38.1 Å². The van der Waals surface area contributed by atoms with Gasteiger partial charge in [-0.25, -0.2) is 9.37 Å². The third-order valence-corrected chi connectivity index (χ3v) is 7.35. The number of nitrogens with zero attached hydrogens (tertiary/aromatic N) is 2. The number of fused-ring (bicyclic) bond motifs is 1. The highest BCUT2D eigenvalue weighted by Gasteiger charge is 2.29. The van der Waals surface area contributed by atoms with Gasteiger partial charge in [-0.05, 0) is 62.3 Å². The second kappa shape index (κ2) is 10.3. The predicted molar refractivity (Wildman–Crippen MR) is 139 cm³/mol. The van der Waals surface area contributed by atoms with Gasteiger partial charge in [0.15, 0.2) is 5.82 Å². The number of halogens is 2. The normalized spacial score (nSPS) is 18.9. The quantitative estimate of drug-likeness (QED) is 0.250. The highest BCUT2D eigenvalue weighted by Crippen LogP contribution is 2.33. The van der Waals surface area contributed by atoms with Crippen LogP contribution in [0.3, 0.4) is 0 Å². The molecule has 1 atom stereocenters. The molecule has 0 saturated heterocycles. The van der Waals surface area contributed by atoms with Crippen LogP contribution in [-0.4, -0.2) is 32.6 Å². The lowest BCUT2D eigenvalue weighted by Gasteiger charge is -2.28. The summed E-state index contributed by atoms with van der Waals surface area (Å²) in [5.41, 5.74) is 13.9. The largest absolute Gasteiger partial charge is 0.382 e. The van der Waals surface area contributed by atoms with Crippen LogP contribution in [0.2, 0.25) is 5.15 Å². The number of aromatic nitrogens is 4. The van der Waals surface area contributed by atoms with E-state index in [-0.39, 0.29) is 28.2 Å². The molecule has 0 spiro atoms. The van der Waals surface area contributed by atoms with Crippen molar-refractivity contribution in [3.63, 3.8) is 0 Å². The number of nitrogens with two attached hydrogens (primary N) is 2. The highest BCUT2D eigenvalue weighted by atomic mass is 35.5. The van der Waals surface area contributed by atoms with Crippen LogP contribution >= 0.6 is 11.6 Å². The predicted octanol–water partition coefficient (Wildman–Crippen LogP) is 4.49. The molecule has 1 fully saturated rings. The number of anilines is 1. The van der Waals surface area contributed by atoms with Gasteiger partial charge in [0.2, 0.25) is 5.91 Å². The molecule has 2 heterocycles. The zero-order chi connectivity index (χ0) is 25.2. The molecule has 1 amide bonds. The Labute approximate surface area is 213 Å². The molecular weight excluding hydrogens is 481 g/mol. The molecule has 10 heteroatoms. The van der Waals surface area contributed by atoms with Crippen molar-refractivity contribution in [2.75, 3.05) is 12.3 Å². The molecule has 5 rings (SSSR count). The van der Waals surface area contributed by atoms with Crippen LogP contribution in [0.5, 0.6) is 0 Å². The van der Waals surface area contributed by atoms with Gasteiger partial charge in [0.1, 0.15) is 22.5 Å². The Balaban J connectivity index is 1.44. The van der Waals surface area contributed by atoms with Gasteiger partial charge in [-0.1, -0.05) is 41.9 Å². The molecule has 2 aromatic carbocycles. The number of benzene rings is 2. The number of nitrogens with one attached hydrogen (secondary N) is 3. The Bertz CT molecular complexity index is 1360. The first-order valence-corrected chi connectivity index (χ1v) is 12.5. The number of carbonyl (C=O) groups is 1. The number of nitrogen functional groups attached to an aromatic ring is 1. The SMILES string of the molecule is NC[C@H]1CC[C@H](C(=O)N[C@@H](Cc2ccccc2)c2nc(-c3cc(F)c4c(N)n[nH]c4c3)c(Cl)[nH]2)CC1. The highest BCUT2D eigenvalue weighted by molar-refractivity contribution is 6.32. The van der Waals surface area contributed by atoms with E-state index in [9.17, 15) is 9.18 Å². The average Bonchev–Trinajstić information content (AvgIpc) is 3.47. The number of rotatable bonds is 7. The summed E-state index contributed by atoms with van der Waals surface area (Å²) in [5, 5.41) is 10.3. The van der Waals surface area contributed by atoms with E-state index in [4.69, 9.17) is 28.1 Å². The van der Waals surface area contributed by atoms with Crippen molar-refractivity contribution >= 4 is 34.2 Å². The fourth-order valence-corrected chi connectivity index (χ4v) is 5.26. The van der Waals surface area contributed by atoms with Crippen molar-refractivity contribution in [1.82, 2.24) is 25.5 Å². The second-order valence-electron chi connectivity index (χ2n) is 9.48. The first-order chi connectivity index (χ1) is 17.4. The van der Waals surface area contributed by atoms with E-state index in [1.165, 1.54) is 6.07 Å². The van der Waals surface area contributed by atoms with Gasteiger partial charge >= 0.3 is 0 Å². The van der Waals surface area contributed by atoms with Crippen LogP contribution in [-0.2, 0) is 11.2 Å². The summed E-state index contributed by atoms with van der Waals surface area (Å²) in [7, 11) is 0. The zero-order valence-corrected chi connectivity index (χ0v) is 20.5. The first kappa shape index (κ1) is 24.3. The van der Waals surface area contributed by atoms with E-state index in [0.717, 1.165) is 31.2 Å².